The maximum Gasteiger partial charge on any atom is 0.195 e. The van der Waals surface area contributed by atoms with Crippen LogP contribution >= 0.6 is 11.6 Å². The van der Waals surface area contributed by atoms with Gasteiger partial charge in [0.15, 0.2) is 5.78 Å². The molecule has 1 saturated heterocycles. The largest absolute Gasteiger partial charge is 0.457 e. The van der Waals surface area contributed by atoms with Crippen molar-refractivity contribution in [1.29, 1.82) is 0 Å². The van der Waals surface area contributed by atoms with E-state index in [1.54, 1.807) is 30.3 Å². The minimum Gasteiger partial charge on any atom is -0.457 e. The van der Waals surface area contributed by atoms with Crippen molar-refractivity contribution >= 4 is 46.4 Å². The third-order valence-corrected chi connectivity index (χ3v) is 7.70. The first-order valence-corrected chi connectivity index (χ1v) is 13.8. The summed E-state index contributed by atoms with van der Waals surface area (Å²) in [6, 6.07) is 19.2. The van der Waals surface area contributed by atoms with E-state index in [0.29, 0.717) is 83.4 Å². The van der Waals surface area contributed by atoms with Gasteiger partial charge in [0.1, 0.15) is 35.7 Å². The first-order valence-electron chi connectivity index (χ1n) is 13.4. The summed E-state index contributed by atoms with van der Waals surface area (Å²) in [5, 5.41) is 3.44. The Morgan fingerprint density at radius 2 is 1.83 bits per heavy atom. The Morgan fingerprint density at radius 3 is 2.56 bits per heavy atom. The minimum atomic E-state index is -0.373. The highest BCUT2D eigenvalue weighted by atomic mass is 35.5. The molecule has 0 radical (unpaired) electrons. The molecule has 0 atom stereocenters. The summed E-state index contributed by atoms with van der Waals surface area (Å²) < 4.78 is 21.0. The fourth-order valence-electron chi connectivity index (χ4n) is 5.23. The zero-order chi connectivity index (χ0) is 28.3. The number of para-hydroxylation sites is 1. The molecule has 1 aliphatic carbocycles. The molecule has 206 valence electrons. The average Bonchev–Trinajstić information content (AvgIpc) is 3.43. The van der Waals surface area contributed by atoms with Gasteiger partial charge < -0.3 is 19.7 Å². The van der Waals surface area contributed by atoms with Crippen molar-refractivity contribution in [1.82, 2.24) is 9.97 Å². The molecule has 2 heterocycles. The van der Waals surface area contributed by atoms with Crippen LogP contribution in [0.3, 0.4) is 0 Å². The van der Waals surface area contributed by atoms with Gasteiger partial charge in [-0.1, -0.05) is 35.9 Å². The van der Waals surface area contributed by atoms with E-state index in [9.17, 15) is 9.59 Å². The number of piperidine rings is 1. The van der Waals surface area contributed by atoms with E-state index in [0.717, 1.165) is 6.29 Å². The predicted molar refractivity (Wildman–Crippen MR) is 157 cm³/mol. The van der Waals surface area contributed by atoms with Crippen LogP contribution in [0.25, 0.3) is 5.57 Å². The van der Waals surface area contributed by atoms with E-state index < -0.39 is 0 Å². The fourth-order valence-corrected chi connectivity index (χ4v) is 5.49. The van der Waals surface area contributed by atoms with Gasteiger partial charge in [0, 0.05) is 48.3 Å². The van der Waals surface area contributed by atoms with Crippen molar-refractivity contribution in [2.75, 3.05) is 23.3 Å². The molecule has 0 unspecified atom stereocenters. The number of fused-ring (bicyclic) bond motifs is 1. The molecular weight excluding hydrogens is 543 g/mol. The molecule has 41 heavy (non-hydrogen) atoms. The van der Waals surface area contributed by atoms with Crippen LogP contribution in [0.5, 0.6) is 11.5 Å². The lowest BCUT2D eigenvalue weighted by Gasteiger charge is -2.31. The number of hydrogen-bond acceptors (Lipinski definition) is 7. The highest BCUT2D eigenvalue weighted by Gasteiger charge is 2.28. The van der Waals surface area contributed by atoms with Crippen molar-refractivity contribution in [3.63, 3.8) is 0 Å². The zero-order valence-electron chi connectivity index (χ0n) is 22.0. The Labute approximate surface area is 241 Å². The number of aldehydes is 1. The molecule has 1 aromatic heterocycles. The third kappa shape index (κ3) is 5.56. The summed E-state index contributed by atoms with van der Waals surface area (Å²) in [7, 11) is 0. The smallest absolute Gasteiger partial charge is 0.195 e. The average molecular weight is 569 g/mol. The molecule has 0 amide bonds. The molecule has 4 aromatic rings. The monoisotopic (exact) mass is 568 g/mol. The highest BCUT2D eigenvalue weighted by Crippen LogP contribution is 2.37. The molecule has 1 N–H and O–H groups in total. The number of ketones is 1. The molecule has 0 bridgehead atoms. The molecule has 3 aromatic carbocycles. The van der Waals surface area contributed by atoms with Gasteiger partial charge in [0.05, 0.1) is 22.0 Å². The quantitative estimate of drug-likeness (QED) is 0.180. The van der Waals surface area contributed by atoms with Gasteiger partial charge in [-0.25, -0.2) is 14.4 Å². The molecule has 7 nitrogen and oxygen atoms in total. The summed E-state index contributed by atoms with van der Waals surface area (Å²) in [5.41, 5.74) is 3.01. The number of ether oxygens (including phenoxy) is 1. The van der Waals surface area contributed by atoms with E-state index in [4.69, 9.17) is 16.3 Å². The van der Waals surface area contributed by atoms with Crippen LogP contribution in [0, 0.1) is 11.7 Å². The number of carbonyl (C=O) groups excluding carboxylic acids is 2. The zero-order valence-corrected chi connectivity index (χ0v) is 22.8. The van der Waals surface area contributed by atoms with Gasteiger partial charge in [-0.2, -0.15) is 0 Å². The molecule has 1 aliphatic heterocycles. The van der Waals surface area contributed by atoms with Crippen molar-refractivity contribution in [3.8, 4) is 11.5 Å². The number of aromatic nitrogens is 2. The number of benzene rings is 3. The summed E-state index contributed by atoms with van der Waals surface area (Å²) in [4.78, 5) is 35.4. The van der Waals surface area contributed by atoms with Crippen molar-refractivity contribution in [2.45, 2.75) is 19.3 Å². The Balaban J connectivity index is 1.21. The van der Waals surface area contributed by atoms with Crippen molar-refractivity contribution in [3.05, 3.63) is 107 Å². The molecule has 1 fully saturated rings. The minimum absolute atomic E-state index is 0.0375. The Bertz CT molecular complexity index is 1650. The summed E-state index contributed by atoms with van der Waals surface area (Å²) in [5.74, 6) is 0.985. The second-order valence-electron chi connectivity index (χ2n) is 10.0. The fraction of sp³-hybridized carbons (Fsp3) is 0.188. The van der Waals surface area contributed by atoms with E-state index >= 15 is 4.39 Å². The lowest BCUT2D eigenvalue weighted by molar-refractivity contribution is -0.111. The summed E-state index contributed by atoms with van der Waals surface area (Å²) in [6.45, 7) is 1.26. The van der Waals surface area contributed by atoms with Gasteiger partial charge >= 0.3 is 0 Å². The lowest BCUT2D eigenvalue weighted by Crippen LogP contribution is -2.34. The number of hydrogen-bond donors (Lipinski definition) is 1. The number of carbonyl (C=O) groups is 2. The van der Waals surface area contributed by atoms with E-state index in [2.05, 4.69) is 15.3 Å². The van der Waals surface area contributed by atoms with Gasteiger partial charge in [0.25, 0.3) is 0 Å². The van der Waals surface area contributed by atoms with Crippen LogP contribution in [0.1, 0.15) is 34.5 Å². The van der Waals surface area contributed by atoms with Crippen LogP contribution in [0.2, 0.25) is 5.02 Å². The Morgan fingerprint density at radius 1 is 1.02 bits per heavy atom. The number of nitrogens with one attached hydrogen (secondary N) is 1. The van der Waals surface area contributed by atoms with Crippen LogP contribution in [-0.4, -0.2) is 35.1 Å². The van der Waals surface area contributed by atoms with Gasteiger partial charge in [-0.3, -0.25) is 4.79 Å². The lowest BCUT2D eigenvalue weighted by atomic mass is 9.98. The maximum atomic E-state index is 15.2. The van der Waals surface area contributed by atoms with Crippen LogP contribution < -0.4 is 15.0 Å². The van der Waals surface area contributed by atoms with Crippen molar-refractivity contribution < 1.29 is 18.7 Å². The normalized spacial score (nSPS) is 14.8. The molecule has 6 rings (SSSR count). The van der Waals surface area contributed by atoms with Gasteiger partial charge in [0.2, 0.25) is 0 Å². The topological polar surface area (TPSA) is 84.4 Å². The molecule has 2 aliphatic rings. The summed E-state index contributed by atoms with van der Waals surface area (Å²) >= 11 is 6.54. The number of allylic oxidation sites excluding steroid dienone is 2. The number of halogens is 2. The van der Waals surface area contributed by atoms with E-state index in [-0.39, 0.29) is 22.5 Å². The van der Waals surface area contributed by atoms with E-state index in [1.165, 1.54) is 12.4 Å². The van der Waals surface area contributed by atoms with Gasteiger partial charge in [-0.05, 0) is 55.3 Å². The first-order chi connectivity index (χ1) is 20.0. The number of nitrogens with zero attached hydrogens (tertiary/aromatic N) is 3. The summed E-state index contributed by atoms with van der Waals surface area (Å²) in [6.07, 6.45) is 6.11. The SMILES string of the molecule is O=CC1CCN(c2ccc(Nc3ncnc4c3C(C(=O)c3ccc(Oc5ccccc5)cc3Cl)=CC4)cc2F)CC1. The van der Waals surface area contributed by atoms with Crippen LogP contribution in [0.4, 0.5) is 21.6 Å². The third-order valence-electron chi connectivity index (χ3n) is 7.39. The van der Waals surface area contributed by atoms with Crippen LogP contribution in [-0.2, 0) is 11.2 Å². The first kappa shape index (κ1) is 26.7. The number of rotatable bonds is 8. The van der Waals surface area contributed by atoms with Crippen LogP contribution in [0.15, 0.2) is 79.1 Å². The standard InChI is InChI=1S/C32H26ClFN4O3/c33-26-17-23(41-22-4-2-1-3-5-22)7-8-24(26)31(40)25-9-10-28-30(25)32(36-19-35-28)37-21-6-11-29(27(34)16-21)38-14-12-20(18-39)13-15-38/h1-9,11,16-20H,10,12-15H2,(H,35,36,37). The predicted octanol–water partition coefficient (Wildman–Crippen LogP) is 7.04. The van der Waals surface area contributed by atoms with Gasteiger partial charge in [-0.15, -0.1) is 0 Å². The molecule has 0 saturated carbocycles. The number of Topliss-reactive ketones (excluding diaryl/α,β-unsaturated/α-hetero) is 1. The number of anilines is 3. The highest BCUT2D eigenvalue weighted by molar-refractivity contribution is 6.39. The Hall–Kier alpha value is -4.56. The van der Waals surface area contributed by atoms with Crippen molar-refractivity contribution in [2.24, 2.45) is 5.92 Å². The second-order valence-corrected chi connectivity index (χ2v) is 10.4. The maximum absolute atomic E-state index is 15.2. The second kappa shape index (κ2) is 11.5. The molecular formula is C32H26ClFN4O3. The van der Waals surface area contributed by atoms with E-state index in [1.807, 2.05) is 41.3 Å². The molecule has 0 spiro atoms. The Kier molecular flexibility index (Phi) is 7.48. The molecule has 9 heteroatoms.